The first kappa shape index (κ1) is 33.7. The Balaban J connectivity index is 1.12. The minimum absolute atomic E-state index is 0.0973. The SMILES string of the molecule is C=C1/C=C2/C(=O)N(c3nccc(-n4cc(C(N)=O)c(Nc5ccc(N6CCN(C7COC7)C[C@@H]6C)cn5)n4)c3CO)CCN2CCC(C)(C)C1. The molecule has 7 rings (SSSR count). The predicted octanol–water partition coefficient (Wildman–Crippen LogP) is 2.82. The molecule has 0 radical (unpaired) electrons. The second-order valence-electron chi connectivity index (χ2n) is 14.5. The maximum absolute atomic E-state index is 13.9. The van der Waals surface area contributed by atoms with E-state index in [9.17, 15) is 14.7 Å². The molecule has 0 unspecified atom stereocenters. The standard InChI is InChI=1S/C36H46N10O4/c1-23-15-30-35(49)45(14-11-42(30)10-8-36(3,4)16-23)34-28(20-47)29(7-9-38-34)46-19-27(32(37)48)33(41-46)40-31-6-5-25(17-39-31)44-13-12-43(18-24(44)2)26-21-50-22-26/h5-7,9,15,17,19,24,26,47H,1,8,10-14,16,18,20-22H2,2-4H3,(H2,37,48)(H,39,40,41)/b30-15-/t24-/m0/s1. The van der Waals surface area contributed by atoms with E-state index in [4.69, 9.17) is 10.5 Å². The lowest BCUT2D eigenvalue weighted by atomic mass is 9.81. The molecule has 0 spiro atoms. The summed E-state index contributed by atoms with van der Waals surface area (Å²) in [5.41, 5.74) is 9.39. The second-order valence-corrected chi connectivity index (χ2v) is 14.5. The maximum atomic E-state index is 13.9. The van der Waals surface area contributed by atoms with Crippen molar-refractivity contribution in [2.24, 2.45) is 11.1 Å². The number of nitrogens with zero attached hydrogens (tertiary/aromatic N) is 8. The van der Waals surface area contributed by atoms with Gasteiger partial charge in [-0.25, -0.2) is 14.6 Å². The monoisotopic (exact) mass is 682 g/mol. The molecule has 0 saturated carbocycles. The summed E-state index contributed by atoms with van der Waals surface area (Å²) < 4.78 is 6.86. The van der Waals surface area contributed by atoms with Crippen molar-refractivity contribution in [2.45, 2.75) is 52.3 Å². The fraction of sp³-hybridized carbons (Fsp3) is 0.472. The molecule has 14 nitrogen and oxygen atoms in total. The number of nitrogens with one attached hydrogen (secondary N) is 1. The Bertz CT molecular complexity index is 1820. The number of rotatable bonds is 8. The Morgan fingerprint density at radius 1 is 1.14 bits per heavy atom. The highest BCUT2D eigenvalue weighted by molar-refractivity contribution is 6.06. The van der Waals surface area contributed by atoms with Gasteiger partial charge in [-0.3, -0.25) is 19.4 Å². The molecule has 3 aromatic heterocycles. The van der Waals surface area contributed by atoms with Crippen LogP contribution in [-0.2, 0) is 16.1 Å². The summed E-state index contributed by atoms with van der Waals surface area (Å²) in [5, 5.41) is 18.4. The van der Waals surface area contributed by atoms with Gasteiger partial charge in [-0.1, -0.05) is 26.0 Å². The zero-order valence-electron chi connectivity index (χ0n) is 29.0. The van der Waals surface area contributed by atoms with Crippen LogP contribution < -0.4 is 20.9 Å². The van der Waals surface area contributed by atoms with E-state index in [-0.39, 0.29) is 22.7 Å². The van der Waals surface area contributed by atoms with Crippen LogP contribution in [0.25, 0.3) is 5.69 Å². The third-order valence-electron chi connectivity index (χ3n) is 10.3. The molecule has 7 heterocycles. The van der Waals surface area contributed by atoms with E-state index in [2.05, 4.69) is 62.4 Å². The van der Waals surface area contributed by atoms with Crippen molar-refractivity contribution in [3.63, 3.8) is 0 Å². The van der Waals surface area contributed by atoms with Gasteiger partial charge in [-0.15, -0.1) is 5.10 Å². The molecule has 4 aliphatic heterocycles. The third-order valence-corrected chi connectivity index (χ3v) is 10.3. The molecule has 0 bridgehead atoms. The quantitative estimate of drug-likeness (QED) is 0.321. The number of primary amides is 1. The number of amides is 2. The Labute approximate surface area is 292 Å². The number of aromatic nitrogens is 4. The summed E-state index contributed by atoms with van der Waals surface area (Å²) in [4.78, 5) is 44.2. The molecule has 3 fully saturated rings. The van der Waals surface area contributed by atoms with Crippen molar-refractivity contribution in [1.82, 2.24) is 29.5 Å². The van der Waals surface area contributed by atoms with Crippen LogP contribution in [0.3, 0.4) is 0 Å². The van der Waals surface area contributed by atoms with Crippen molar-refractivity contribution in [3.05, 3.63) is 71.8 Å². The van der Waals surface area contributed by atoms with Crippen LogP contribution in [0, 0.1) is 5.41 Å². The number of allylic oxidation sites excluding steroid dienone is 2. The van der Waals surface area contributed by atoms with E-state index in [1.807, 2.05) is 24.4 Å². The third kappa shape index (κ3) is 6.57. The molecule has 1 atom stereocenters. The van der Waals surface area contributed by atoms with E-state index >= 15 is 0 Å². The number of ether oxygens (including phenoxy) is 1. The highest BCUT2D eigenvalue weighted by Gasteiger charge is 2.36. The molecule has 2 amide bonds. The molecular weight excluding hydrogens is 636 g/mol. The highest BCUT2D eigenvalue weighted by Crippen LogP contribution is 2.35. The van der Waals surface area contributed by atoms with Crippen molar-refractivity contribution in [2.75, 3.05) is 67.6 Å². The summed E-state index contributed by atoms with van der Waals surface area (Å²) in [6, 6.07) is 6.39. The van der Waals surface area contributed by atoms with Gasteiger partial charge in [0.1, 0.15) is 22.9 Å². The number of piperazine rings is 2. The number of carbonyl (C=O) groups excluding carboxylic acids is 2. The summed E-state index contributed by atoms with van der Waals surface area (Å²) in [6.45, 7) is 16.7. The fourth-order valence-corrected chi connectivity index (χ4v) is 7.42. The van der Waals surface area contributed by atoms with E-state index in [0.717, 1.165) is 63.5 Å². The lowest BCUT2D eigenvalue weighted by molar-refractivity contribution is -0.118. The van der Waals surface area contributed by atoms with Crippen LogP contribution >= 0.6 is 0 Å². The van der Waals surface area contributed by atoms with Gasteiger partial charge in [0.05, 0.1) is 43.4 Å². The average Bonchev–Trinajstić information content (AvgIpc) is 3.47. The Hall–Kier alpha value is -4.79. The van der Waals surface area contributed by atoms with E-state index in [0.29, 0.717) is 53.8 Å². The van der Waals surface area contributed by atoms with Gasteiger partial charge in [0.15, 0.2) is 5.82 Å². The van der Waals surface area contributed by atoms with Crippen LogP contribution in [0.2, 0.25) is 0 Å². The van der Waals surface area contributed by atoms with Gasteiger partial charge < -0.3 is 30.7 Å². The van der Waals surface area contributed by atoms with Crippen molar-refractivity contribution < 1.29 is 19.4 Å². The van der Waals surface area contributed by atoms with Crippen molar-refractivity contribution in [3.8, 4) is 5.69 Å². The maximum Gasteiger partial charge on any atom is 0.275 e. The van der Waals surface area contributed by atoms with Gasteiger partial charge in [0.2, 0.25) is 0 Å². The lowest BCUT2D eigenvalue weighted by Gasteiger charge is -2.46. The summed E-state index contributed by atoms with van der Waals surface area (Å²) >= 11 is 0. The van der Waals surface area contributed by atoms with Crippen molar-refractivity contribution in [1.29, 1.82) is 0 Å². The van der Waals surface area contributed by atoms with Crippen LogP contribution in [0.15, 0.2) is 60.7 Å². The number of aliphatic hydroxyl groups excluding tert-OH is 1. The van der Waals surface area contributed by atoms with E-state index in [1.54, 1.807) is 17.2 Å². The fourth-order valence-electron chi connectivity index (χ4n) is 7.42. The number of anilines is 4. The van der Waals surface area contributed by atoms with Gasteiger partial charge in [-0.05, 0) is 49.5 Å². The summed E-state index contributed by atoms with van der Waals surface area (Å²) in [7, 11) is 0. The molecule has 50 heavy (non-hydrogen) atoms. The average molecular weight is 683 g/mol. The lowest BCUT2D eigenvalue weighted by Crippen LogP contribution is -2.59. The van der Waals surface area contributed by atoms with Gasteiger partial charge in [0, 0.05) is 63.3 Å². The Morgan fingerprint density at radius 2 is 1.96 bits per heavy atom. The van der Waals surface area contributed by atoms with Gasteiger partial charge >= 0.3 is 0 Å². The molecule has 14 heteroatoms. The number of nitrogens with two attached hydrogens (primary N) is 1. The first-order valence-electron chi connectivity index (χ1n) is 17.3. The molecule has 0 aliphatic carbocycles. The van der Waals surface area contributed by atoms with Crippen LogP contribution in [0.1, 0.15) is 49.5 Å². The van der Waals surface area contributed by atoms with E-state index < -0.39 is 12.5 Å². The van der Waals surface area contributed by atoms with Crippen LogP contribution in [-0.4, -0.2) is 111 Å². The summed E-state index contributed by atoms with van der Waals surface area (Å²) in [5.74, 6) is 0.177. The topological polar surface area (TPSA) is 158 Å². The number of hydrogen-bond donors (Lipinski definition) is 3. The van der Waals surface area contributed by atoms with Crippen molar-refractivity contribution >= 4 is 35.0 Å². The Kier molecular flexibility index (Phi) is 9.09. The molecule has 3 saturated heterocycles. The number of fused-ring (bicyclic) bond motifs is 1. The number of pyridine rings is 2. The molecule has 0 aromatic carbocycles. The zero-order chi connectivity index (χ0) is 35.2. The largest absolute Gasteiger partial charge is 0.391 e. The molecule has 4 aliphatic rings. The summed E-state index contributed by atoms with van der Waals surface area (Å²) in [6.07, 6.45) is 8.52. The smallest absolute Gasteiger partial charge is 0.275 e. The van der Waals surface area contributed by atoms with Crippen LogP contribution in [0.5, 0.6) is 0 Å². The van der Waals surface area contributed by atoms with Gasteiger partial charge in [0.25, 0.3) is 11.8 Å². The zero-order valence-corrected chi connectivity index (χ0v) is 29.0. The Morgan fingerprint density at radius 3 is 2.64 bits per heavy atom. The normalized spacial score (nSPS) is 22.7. The molecular formula is C36H46N10O4. The number of aliphatic hydroxyl groups is 1. The molecule has 264 valence electrons. The number of carbonyl (C=O) groups is 2. The number of hydrogen-bond acceptors (Lipinski definition) is 11. The second kappa shape index (κ2) is 13.5. The molecule has 3 aromatic rings. The molecule has 4 N–H and O–H groups in total. The van der Waals surface area contributed by atoms with Crippen LogP contribution in [0.4, 0.5) is 23.1 Å². The predicted molar refractivity (Wildman–Crippen MR) is 190 cm³/mol. The minimum atomic E-state index is -0.676. The highest BCUT2D eigenvalue weighted by atomic mass is 16.5. The van der Waals surface area contributed by atoms with E-state index in [1.165, 1.54) is 10.9 Å². The first-order valence-corrected chi connectivity index (χ1v) is 17.3. The minimum Gasteiger partial charge on any atom is -0.391 e. The first-order chi connectivity index (χ1) is 24.0. The van der Waals surface area contributed by atoms with Gasteiger partial charge in [-0.2, -0.15) is 0 Å².